The monoisotopic (exact) mass is 353 g/mol. The summed E-state index contributed by atoms with van der Waals surface area (Å²) in [5, 5.41) is 5.82. The van der Waals surface area contributed by atoms with Gasteiger partial charge in [-0.3, -0.25) is 14.4 Å². The van der Waals surface area contributed by atoms with Crippen molar-refractivity contribution < 1.29 is 14.4 Å². The molecule has 0 saturated heterocycles. The summed E-state index contributed by atoms with van der Waals surface area (Å²) < 4.78 is 0. The molecule has 6 heteroatoms. The molecule has 0 fully saturated rings. The zero-order valence-corrected chi connectivity index (χ0v) is 16.8. The number of allylic oxidation sites excluding steroid dienone is 1. The average molecular weight is 354 g/mol. The van der Waals surface area contributed by atoms with Gasteiger partial charge in [0, 0.05) is 32.5 Å². The van der Waals surface area contributed by atoms with Crippen LogP contribution in [-0.2, 0) is 14.4 Å². The van der Waals surface area contributed by atoms with Gasteiger partial charge in [0.1, 0.15) is 5.54 Å². The molecule has 0 aromatic heterocycles. The molecule has 2 atom stereocenters. The maximum atomic E-state index is 12.7. The number of nitrogens with one attached hydrogen (secondary N) is 2. The van der Waals surface area contributed by atoms with Crippen LogP contribution in [0.15, 0.2) is 12.2 Å². The Bertz CT molecular complexity index is 488. The summed E-state index contributed by atoms with van der Waals surface area (Å²) in [6.07, 6.45) is 5.81. The molecule has 3 amide bonds. The summed E-state index contributed by atoms with van der Waals surface area (Å²) in [6.45, 7) is 11.3. The summed E-state index contributed by atoms with van der Waals surface area (Å²) in [5.74, 6) is -0.498. The molecule has 0 spiro atoms. The van der Waals surface area contributed by atoms with Crippen LogP contribution in [0, 0.1) is 5.92 Å². The maximum absolute atomic E-state index is 12.7. The summed E-state index contributed by atoms with van der Waals surface area (Å²) in [5.41, 5.74) is -0.966. The van der Waals surface area contributed by atoms with Crippen molar-refractivity contribution in [2.75, 3.05) is 13.6 Å². The maximum Gasteiger partial charge on any atom is 0.245 e. The molecule has 0 radical (unpaired) electrons. The largest absolute Gasteiger partial charge is 0.348 e. The lowest BCUT2D eigenvalue weighted by Gasteiger charge is -2.31. The van der Waals surface area contributed by atoms with E-state index in [1.807, 2.05) is 26.0 Å². The summed E-state index contributed by atoms with van der Waals surface area (Å²) in [4.78, 5) is 37.8. The summed E-state index contributed by atoms with van der Waals surface area (Å²) in [7, 11) is 1.76. The number of rotatable bonds is 10. The van der Waals surface area contributed by atoms with Gasteiger partial charge in [0.15, 0.2) is 0 Å². The standard InChI is InChI=1S/C19H35N3O3/c1-8-11-15(4)20-18(25)19(6,21-17(24)14(2)3)12-9-10-13-22(7)16(5)23/h8,11,14-15H,9-10,12-13H2,1-7H3,(H,20,25)(H,21,24). The molecule has 0 aliphatic rings. The first-order valence-corrected chi connectivity index (χ1v) is 9.01. The highest BCUT2D eigenvalue weighted by Crippen LogP contribution is 2.16. The van der Waals surface area contributed by atoms with Gasteiger partial charge in [-0.05, 0) is 40.0 Å². The molecule has 0 rings (SSSR count). The van der Waals surface area contributed by atoms with Gasteiger partial charge in [0.05, 0.1) is 0 Å². The van der Waals surface area contributed by atoms with Crippen molar-refractivity contribution >= 4 is 17.7 Å². The first-order chi connectivity index (χ1) is 11.5. The molecule has 6 nitrogen and oxygen atoms in total. The van der Waals surface area contributed by atoms with Gasteiger partial charge >= 0.3 is 0 Å². The Morgan fingerprint density at radius 1 is 1.16 bits per heavy atom. The van der Waals surface area contributed by atoms with Crippen LogP contribution < -0.4 is 10.6 Å². The minimum Gasteiger partial charge on any atom is -0.348 e. The number of unbranched alkanes of at least 4 members (excludes halogenated alkanes) is 1. The highest BCUT2D eigenvalue weighted by atomic mass is 16.2. The molecular weight excluding hydrogens is 318 g/mol. The van der Waals surface area contributed by atoms with Crippen molar-refractivity contribution in [2.45, 2.75) is 72.4 Å². The smallest absolute Gasteiger partial charge is 0.245 e. The van der Waals surface area contributed by atoms with E-state index in [-0.39, 0.29) is 29.7 Å². The van der Waals surface area contributed by atoms with Crippen LogP contribution >= 0.6 is 0 Å². The lowest BCUT2D eigenvalue weighted by molar-refractivity contribution is -0.135. The number of carbonyl (C=O) groups excluding carboxylic acids is 3. The predicted molar refractivity (Wildman–Crippen MR) is 101 cm³/mol. The van der Waals surface area contributed by atoms with Crippen molar-refractivity contribution in [3.8, 4) is 0 Å². The molecule has 0 aliphatic heterocycles. The van der Waals surface area contributed by atoms with Gasteiger partial charge in [-0.15, -0.1) is 0 Å². The van der Waals surface area contributed by atoms with Crippen LogP contribution in [0.2, 0.25) is 0 Å². The number of hydrogen-bond acceptors (Lipinski definition) is 3. The fraction of sp³-hybridized carbons (Fsp3) is 0.737. The van der Waals surface area contributed by atoms with Crippen LogP contribution in [0.25, 0.3) is 0 Å². The Hall–Kier alpha value is -1.85. The van der Waals surface area contributed by atoms with E-state index >= 15 is 0 Å². The minimum atomic E-state index is -0.966. The van der Waals surface area contributed by atoms with Gasteiger partial charge in [-0.1, -0.05) is 26.0 Å². The van der Waals surface area contributed by atoms with E-state index in [0.717, 1.165) is 12.8 Å². The Labute approximate surface area is 152 Å². The average Bonchev–Trinajstić information content (AvgIpc) is 2.51. The second-order valence-electron chi connectivity index (χ2n) is 7.16. The Morgan fingerprint density at radius 3 is 2.24 bits per heavy atom. The molecular formula is C19H35N3O3. The van der Waals surface area contributed by atoms with Gasteiger partial charge in [0.2, 0.25) is 17.7 Å². The zero-order chi connectivity index (χ0) is 19.6. The first kappa shape index (κ1) is 23.1. The van der Waals surface area contributed by atoms with Crippen LogP contribution in [0.4, 0.5) is 0 Å². The van der Waals surface area contributed by atoms with E-state index in [2.05, 4.69) is 10.6 Å². The number of amides is 3. The van der Waals surface area contributed by atoms with Gasteiger partial charge in [-0.2, -0.15) is 0 Å². The molecule has 144 valence electrons. The normalized spacial score (nSPS) is 14.9. The van der Waals surface area contributed by atoms with Crippen molar-refractivity contribution in [1.82, 2.24) is 15.5 Å². The van der Waals surface area contributed by atoms with Gasteiger partial charge < -0.3 is 15.5 Å². The van der Waals surface area contributed by atoms with Crippen molar-refractivity contribution in [3.63, 3.8) is 0 Å². The van der Waals surface area contributed by atoms with Crippen LogP contribution in [0.1, 0.15) is 60.8 Å². The Kier molecular flexibility index (Phi) is 10.1. The molecule has 0 aromatic carbocycles. The lowest BCUT2D eigenvalue weighted by atomic mass is 9.92. The lowest BCUT2D eigenvalue weighted by Crippen LogP contribution is -2.58. The second kappa shape index (κ2) is 10.9. The fourth-order valence-electron chi connectivity index (χ4n) is 2.34. The third kappa shape index (κ3) is 8.70. The Morgan fingerprint density at radius 2 is 1.76 bits per heavy atom. The fourth-order valence-corrected chi connectivity index (χ4v) is 2.34. The number of carbonyl (C=O) groups is 3. The topological polar surface area (TPSA) is 78.5 Å². The molecule has 0 saturated carbocycles. The van der Waals surface area contributed by atoms with E-state index in [9.17, 15) is 14.4 Å². The van der Waals surface area contributed by atoms with E-state index < -0.39 is 5.54 Å². The minimum absolute atomic E-state index is 0.0220. The van der Waals surface area contributed by atoms with Gasteiger partial charge in [-0.25, -0.2) is 0 Å². The Balaban J connectivity index is 4.91. The van der Waals surface area contributed by atoms with E-state index in [1.54, 1.807) is 32.7 Å². The molecule has 0 aliphatic carbocycles. The third-order valence-corrected chi connectivity index (χ3v) is 4.22. The molecule has 0 heterocycles. The summed E-state index contributed by atoms with van der Waals surface area (Å²) >= 11 is 0. The predicted octanol–water partition coefficient (Wildman–Crippen LogP) is 2.25. The molecule has 2 unspecified atom stereocenters. The third-order valence-electron chi connectivity index (χ3n) is 4.22. The summed E-state index contributed by atoms with van der Waals surface area (Å²) in [6, 6.07) is -0.100. The van der Waals surface area contributed by atoms with Crippen molar-refractivity contribution in [2.24, 2.45) is 5.92 Å². The van der Waals surface area contributed by atoms with Crippen molar-refractivity contribution in [1.29, 1.82) is 0 Å². The molecule has 2 N–H and O–H groups in total. The second-order valence-corrected chi connectivity index (χ2v) is 7.16. The van der Waals surface area contributed by atoms with E-state index in [1.165, 1.54) is 6.92 Å². The van der Waals surface area contributed by atoms with Crippen LogP contribution in [-0.4, -0.2) is 47.8 Å². The molecule has 25 heavy (non-hydrogen) atoms. The van der Waals surface area contributed by atoms with Crippen LogP contribution in [0.3, 0.4) is 0 Å². The van der Waals surface area contributed by atoms with Crippen molar-refractivity contribution in [3.05, 3.63) is 12.2 Å². The molecule has 0 aromatic rings. The van der Waals surface area contributed by atoms with Crippen LogP contribution in [0.5, 0.6) is 0 Å². The highest BCUT2D eigenvalue weighted by Gasteiger charge is 2.35. The quantitative estimate of drug-likeness (QED) is 0.467. The van der Waals surface area contributed by atoms with Gasteiger partial charge in [0.25, 0.3) is 0 Å². The van der Waals surface area contributed by atoms with E-state index in [0.29, 0.717) is 13.0 Å². The zero-order valence-electron chi connectivity index (χ0n) is 16.8. The molecule has 0 bridgehead atoms. The SMILES string of the molecule is CC=CC(C)NC(=O)C(C)(CCCCN(C)C(C)=O)NC(=O)C(C)C. The first-order valence-electron chi connectivity index (χ1n) is 9.01. The highest BCUT2D eigenvalue weighted by molar-refractivity contribution is 5.91. The van der Waals surface area contributed by atoms with E-state index in [4.69, 9.17) is 0 Å². The number of nitrogens with zero attached hydrogens (tertiary/aromatic N) is 1. The number of hydrogen-bond donors (Lipinski definition) is 2.